The molecule has 1 saturated heterocycles. The maximum atomic E-state index is 9.80. The lowest BCUT2D eigenvalue weighted by molar-refractivity contribution is 0.193. The van der Waals surface area contributed by atoms with Crippen LogP contribution in [0.25, 0.3) is 0 Å². The van der Waals surface area contributed by atoms with E-state index in [1.807, 2.05) is 0 Å². The average Bonchev–Trinajstić information content (AvgIpc) is 2.65. The molecule has 0 radical (unpaired) electrons. The highest BCUT2D eigenvalue weighted by atomic mass is 127. The van der Waals surface area contributed by atoms with Crippen molar-refractivity contribution in [1.82, 2.24) is 10.3 Å². The third-order valence-corrected chi connectivity index (χ3v) is 4.71. The number of pyridine rings is 1. The van der Waals surface area contributed by atoms with E-state index in [1.165, 1.54) is 5.56 Å². The predicted octanol–water partition coefficient (Wildman–Crippen LogP) is 1.46. The molecule has 1 aromatic rings. The maximum Gasteiger partial charge on any atom is 0.132 e. The Balaban J connectivity index is 2.06. The molecule has 0 aliphatic carbocycles. The monoisotopic (exact) mass is 359 g/mol. The van der Waals surface area contributed by atoms with Gasteiger partial charge >= 0.3 is 0 Å². The van der Waals surface area contributed by atoms with E-state index < -0.39 is 6.10 Å². The summed E-state index contributed by atoms with van der Waals surface area (Å²) in [6.45, 7) is 6.05. The van der Waals surface area contributed by atoms with Gasteiger partial charge in [0, 0.05) is 28.7 Å². The SMILES string of the molecule is CC1CNCC2Cc3cc(I)c([C@@H](C)O)nc3N12. The molecule has 3 atom stereocenters. The molecule has 0 aromatic carbocycles. The first-order chi connectivity index (χ1) is 8.58. The number of aromatic nitrogens is 1. The first-order valence-electron chi connectivity index (χ1n) is 6.44. The van der Waals surface area contributed by atoms with Crippen LogP contribution in [0, 0.1) is 3.57 Å². The van der Waals surface area contributed by atoms with Crippen LogP contribution >= 0.6 is 22.6 Å². The van der Waals surface area contributed by atoms with Gasteiger partial charge in [0.05, 0.1) is 11.8 Å². The third kappa shape index (κ3) is 1.92. The molecule has 0 amide bonds. The fourth-order valence-electron chi connectivity index (χ4n) is 3.02. The van der Waals surface area contributed by atoms with Gasteiger partial charge in [-0.2, -0.15) is 0 Å². The van der Waals surface area contributed by atoms with E-state index in [0.717, 1.165) is 34.6 Å². The lowest BCUT2D eigenvalue weighted by atomic mass is 10.1. The molecule has 1 aromatic heterocycles. The number of aliphatic hydroxyl groups excluding tert-OH is 1. The molecule has 3 heterocycles. The molecule has 3 rings (SSSR count). The van der Waals surface area contributed by atoms with Crippen LogP contribution in [-0.4, -0.2) is 35.3 Å². The predicted molar refractivity (Wildman–Crippen MR) is 79.9 cm³/mol. The standard InChI is InChI=1S/C13H18IN3O/c1-7-5-15-6-10-3-9-4-11(14)12(8(2)18)16-13(9)17(7)10/h4,7-8,10,15,18H,3,5-6H2,1-2H3/t7?,8-,10?/m1/s1. The number of hydrogen-bond acceptors (Lipinski definition) is 4. The highest BCUT2D eigenvalue weighted by Gasteiger charge is 2.36. The van der Waals surface area contributed by atoms with Gasteiger partial charge < -0.3 is 15.3 Å². The third-order valence-electron chi connectivity index (χ3n) is 3.84. The number of nitrogens with zero attached hydrogens (tertiary/aromatic N) is 2. The van der Waals surface area contributed by atoms with Gasteiger partial charge in [-0.15, -0.1) is 0 Å². The number of anilines is 1. The smallest absolute Gasteiger partial charge is 0.132 e. The molecule has 2 aliphatic rings. The summed E-state index contributed by atoms with van der Waals surface area (Å²) in [7, 11) is 0. The summed E-state index contributed by atoms with van der Waals surface area (Å²) >= 11 is 2.27. The number of hydrogen-bond donors (Lipinski definition) is 2. The zero-order valence-electron chi connectivity index (χ0n) is 10.7. The summed E-state index contributed by atoms with van der Waals surface area (Å²) in [5, 5.41) is 13.3. The number of nitrogens with one attached hydrogen (secondary N) is 1. The fourth-order valence-corrected chi connectivity index (χ4v) is 3.97. The van der Waals surface area contributed by atoms with Crippen LogP contribution in [0.2, 0.25) is 0 Å². The van der Waals surface area contributed by atoms with Gasteiger partial charge in [-0.1, -0.05) is 0 Å². The van der Waals surface area contributed by atoms with Crippen LogP contribution in [0.1, 0.15) is 31.2 Å². The minimum Gasteiger partial charge on any atom is -0.387 e. The first-order valence-corrected chi connectivity index (χ1v) is 7.52. The van der Waals surface area contributed by atoms with Crippen molar-refractivity contribution in [1.29, 1.82) is 0 Å². The van der Waals surface area contributed by atoms with Crippen LogP contribution in [0.5, 0.6) is 0 Å². The quantitative estimate of drug-likeness (QED) is 0.746. The molecule has 5 heteroatoms. The number of rotatable bonds is 1. The fraction of sp³-hybridized carbons (Fsp3) is 0.615. The molecule has 2 aliphatic heterocycles. The second-order valence-electron chi connectivity index (χ2n) is 5.29. The number of aliphatic hydroxyl groups is 1. The number of halogens is 1. The minimum atomic E-state index is -0.500. The second-order valence-corrected chi connectivity index (χ2v) is 6.45. The summed E-state index contributed by atoms with van der Waals surface area (Å²) in [5.41, 5.74) is 2.13. The highest BCUT2D eigenvalue weighted by molar-refractivity contribution is 14.1. The summed E-state index contributed by atoms with van der Waals surface area (Å²) in [4.78, 5) is 7.15. The number of fused-ring (bicyclic) bond motifs is 3. The van der Waals surface area contributed by atoms with Crippen LogP contribution < -0.4 is 10.2 Å². The molecular weight excluding hydrogens is 341 g/mol. The van der Waals surface area contributed by atoms with Crippen LogP contribution in [-0.2, 0) is 6.42 Å². The van der Waals surface area contributed by atoms with E-state index in [-0.39, 0.29) is 0 Å². The zero-order chi connectivity index (χ0) is 12.9. The van der Waals surface area contributed by atoms with E-state index in [1.54, 1.807) is 6.92 Å². The van der Waals surface area contributed by atoms with E-state index in [4.69, 9.17) is 4.98 Å². The Hall–Kier alpha value is -0.400. The summed E-state index contributed by atoms with van der Waals surface area (Å²) in [6.07, 6.45) is 0.565. The summed E-state index contributed by atoms with van der Waals surface area (Å²) in [6, 6.07) is 3.19. The summed E-state index contributed by atoms with van der Waals surface area (Å²) < 4.78 is 1.07. The Labute approximate surface area is 121 Å². The van der Waals surface area contributed by atoms with E-state index >= 15 is 0 Å². The van der Waals surface area contributed by atoms with Crippen LogP contribution in [0.4, 0.5) is 5.82 Å². The van der Waals surface area contributed by atoms with Gasteiger partial charge in [-0.25, -0.2) is 4.98 Å². The molecule has 2 unspecified atom stereocenters. The van der Waals surface area contributed by atoms with Crippen molar-refractivity contribution in [3.63, 3.8) is 0 Å². The van der Waals surface area contributed by atoms with Crippen LogP contribution in [0.3, 0.4) is 0 Å². The van der Waals surface area contributed by atoms with Crippen molar-refractivity contribution in [2.45, 2.75) is 38.5 Å². The van der Waals surface area contributed by atoms with Crippen molar-refractivity contribution in [2.75, 3.05) is 18.0 Å². The topological polar surface area (TPSA) is 48.4 Å². The van der Waals surface area contributed by atoms with Crippen molar-refractivity contribution in [2.24, 2.45) is 0 Å². The maximum absolute atomic E-state index is 9.80. The minimum absolute atomic E-state index is 0.472. The summed E-state index contributed by atoms with van der Waals surface area (Å²) in [5.74, 6) is 1.09. The van der Waals surface area contributed by atoms with Crippen molar-refractivity contribution in [3.05, 3.63) is 20.9 Å². The van der Waals surface area contributed by atoms with E-state index in [0.29, 0.717) is 12.1 Å². The first kappa shape index (κ1) is 12.6. The Morgan fingerprint density at radius 1 is 1.56 bits per heavy atom. The normalized spacial score (nSPS) is 27.9. The van der Waals surface area contributed by atoms with E-state index in [2.05, 4.69) is 45.8 Å². The molecule has 2 N–H and O–H groups in total. The molecule has 18 heavy (non-hydrogen) atoms. The Bertz CT molecular complexity index is 478. The van der Waals surface area contributed by atoms with Crippen molar-refractivity contribution < 1.29 is 5.11 Å². The largest absolute Gasteiger partial charge is 0.387 e. The van der Waals surface area contributed by atoms with Gasteiger partial charge in [-0.3, -0.25) is 0 Å². The Kier molecular flexibility index (Phi) is 3.23. The molecule has 0 bridgehead atoms. The molecule has 0 spiro atoms. The second kappa shape index (κ2) is 4.61. The van der Waals surface area contributed by atoms with Gasteiger partial charge in [0.2, 0.25) is 0 Å². The van der Waals surface area contributed by atoms with Gasteiger partial charge in [0.15, 0.2) is 0 Å². The van der Waals surface area contributed by atoms with Crippen molar-refractivity contribution >= 4 is 28.4 Å². The average molecular weight is 359 g/mol. The van der Waals surface area contributed by atoms with Gasteiger partial charge in [0.25, 0.3) is 0 Å². The molecule has 0 saturated carbocycles. The molecule has 1 fully saturated rings. The van der Waals surface area contributed by atoms with Gasteiger partial charge in [0.1, 0.15) is 5.82 Å². The Morgan fingerprint density at radius 2 is 2.33 bits per heavy atom. The molecule has 98 valence electrons. The van der Waals surface area contributed by atoms with Gasteiger partial charge in [-0.05, 0) is 54.5 Å². The lowest BCUT2D eigenvalue weighted by Crippen LogP contribution is -2.55. The molecular formula is C13H18IN3O. The highest BCUT2D eigenvalue weighted by Crippen LogP contribution is 2.36. The Morgan fingerprint density at radius 3 is 3.06 bits per heavy atom. The van der Waals surface area contributed by atoms with E-state index in [9.17, 15) is 5.11 Å². The zero-order valence-corrected chi connectivity index (χ0v) is 12.8. The van der Waals surface area contributed by atoms with Crippen molar-refractivity contribution in [3.8, 4) is 0 Å². The molecule has 4 nitrogen and oxygen atoms in total. The van der Waals surface area contributed by atoms with Crippen LogP contribution in [0.15, 0.2) is 6.07 Å². The number of piperazine rings is 1. The lowest BCUT2D eigenvalue weighted by Gasteiger charge is -2.37.